The highest BCUT2D eigenvalue weighted by molar-refractivity contribution is 8.44. The average molecular weight is 660 g/mol. The van der Waals surface area contributed by atoms with Gasteiger partial charge in [-0.1, -0.05) is 24.5 Å². The monoisotopic (exact) mass is 659 g/mol. The number of hydrogen-bond acceptors (Lipinski definition) is 14. The first-order valence-corrected chi connectivity index (χ1v) is 18.1. The molecule has 20 heteroatoms. The van der Waals surface area contributed by atoms with Gasteiger partial charge in [0.15, 0.2) is 11.5 Å². The summed E-state index contributed by atoms with van der Waals surface area (Å²) in [5.41, 5.74) is 12.5. The van der Waals surface area contributed by atoms with Crippen LogP contribution in [-0.2, 0) is 32.0 Å². The van der Waals surface area contributed by atoms with Gasteiger partial charge in [0.2, 0.25) is 0 Å². The van der Waals surface area contributed by atoms with Crippen LogP contribution in [0.5, 0.6) is 0 Å². The lowest BCUT2D eigenvalue weighted by Gasteiger charge is -2.45. The van der Waals surface area contributed by atoms with Crippen molar-refractivity contribution >= 4 is 61.0 Å². The maximum Gasteiger partial charge on any atom is 0.386 e. The number of rotatable bonds is 3. The van der Waals surface area contributed by atoms with Crippen LogP contribution in [0.2, 0.25) is 0 Å². The van der Waals surface area contributed by atoms with Crippen molar-refractivity contribution in [1.82, 2.24) is 24.5 Å². The van der Waals surface area contributed by atoms with Crippen molar-refractivity contribution in [3.8, 4) is 0 Å². The van der Waals surface area contributed by atoms with Gasteiger partial charge in [-0.05, 0) is 30.0 Å². The van der Waals surface area contributed by atoms with Gasteiger partial charge in [-0.3, -0.25) is 18.8 Å². The van der Waals surface area contributed by atoms with Crippen LogP contribution in [-0.4, -0.2) is 73.6 Å². The van der Waals surface area contributed by atoms with Crippen LogP contribution >= 0.6 is 38.1 Å². The molecule has 1 saturated carbocycles. The van der Waals surface area contributed by atoms with Crippen LogP contribution in [0, 0.1) is 11.8 Å². The number of thiol groups is 2. The number of pyridine rings is 1. The Hall–Kier alpha value is -2.11. The minimum atomic E-state index is -4.08. The van der Waals surface area contributed by atoms with Gasteiger partial charge in [0.05, 0.1) is 26.1 Å². The second-order valence-electron chi connectivity index (χ2n) is 10.1. The third-order valence-corrected chi connectivity index (χ3v) is 10.9. The molecule has 3 aromatic rings. The molecule has 5 heterocycles. The molecule has 5 N–H and O–H groups in total. The molecule has 9 atom stereocenters. The van der Waals surface area contributed by atoms with E-state index in [1.807, 2.05) is 4.57 Å². The fourth-order valence-electron chi connectivity index (χ4n) is 5.43. The van der Waals surface area contributed by atoms with Crippen molar-refractivity contribution in [2.45, 2.75) is 36.9 Å². The molecule has 6 rings (SSSR count). The molecule has 2 bridgehead atoms. The summed E-state index contributed by atoms with van der Waals surface area (Å²) in [4.78, 5) is 28.2. The molecule has 1 aliphatic carbocycles. The van der Waals surface area contributed by atoms with Crippen molar-refractivity contribution in [3.05, 3.63) is 42.2 Å². The number of ether oxygens (including phenoxy) is 1. The fourth-order valence-corrected chi connectivity index (χ4v) is 8.11. The number of hydrogen-bond donors (Lipinski definition) is 5. The highest BCUT2D eigenvalue weighted by atomic mass is 32.7. The summed E-state index contributed by atoms with van der Waals surface area (Å²) >= 11 is 8.28. The van der Waals surface area contributed by atoms with Gasteiger partial charge in [-0.25, -0.2) is 24.1 Å². The van der Waals surface area contributed by atoms with Crippen LogP contribution in [0.15, 0.2) is 31.0 Å². The van der Waals surface area contributed by atoms with E-state index in [1.54, 1.807) is 6.33 Å². The Bertz CT molecular complexity index is 1620. The quantitative estimate of drug-likeness (QED) is 0.201. The highest BCUT2D eigenvalue weighted by Crippen LogP contribution is 2.60. The Morgan fingerprint density at radius 2 is 1.83 bits per heavy atom. The first-order chi connectivity index (χ1) is 19.9. The molecule has 0 radical (unpaired) electrons. The van der Waals surface area contributed by atoms with E-state index < -0.39 is 50.5 Å². The maximum atomic E-state index is 13.4. The zero-order chi connectivity index (χ0) is 29.8. The standard InChI is InChI=1S/C22H27N7O9P2S2/c23-20-16-22(27-8-26-20)29(9-28-16)14-4-11-5-34-40(33,42)38-19-17(30)15(7-36-39(32,41)35-6-12(11)14)37-18(19)10-1-2-25-13(3-10)21(24)31/h1-3,8-9,11-12,14-15,17-19,30H,4-7H2,(H2,24,31)(H,32,41)(H,33,42)(H2,23,26,27)/t11-,12-,14-,15-,17-,18+,19-,39-,40+/m1/s1. The predicted molar refractivity (Wildman–Crippen MR) is 153 cm³/mol. The molecule has 0 spiro atoms. The molecule has 2 aliphatic heterocycles. The molecule has 3 aliphatic rings. The molecular weight excluding hydrogens is 632 g/mol. The highest BCUT2D eigenvalue weighted by Gasteiger charge is 2.50. The number of nitrogen functional groups attached to an aromatic ring is 1. The lowest BCUT2D eigenvalue weighted by atomic mass is 9.70. The smallest absolute Gasteiger partial charge is 0.386 e. The first kappa shape index (κ1) is 29.9. The van der Waals surface area contributed by atoms with E-state index in [9.17, 15) is 19.0 Å². The van der Waals surface area contributed by atoms with E-state index >= 15 is 0 Å². The van der Waals surface area contributed by atoms with Gasteiger partial charge < -0.3 is 34.9 Å². The molecule has 2 saturated heterocycles. The van der Waals surface area contributed by atoms with Crippen molar-refractivity contribution in [1.29, 1.82) is 0 Å². The minimum Gasteiger partial charge on any atom is -0.387 e. The van der Waals surface area contributed by atoms with Crippen molar-refractivity contribution < 1.29 is 41.9 Å². The lowest BCUT2D eigenvalue weighted by Crippen LogP contribution is -2.43. The van der Waals surface area contributed by atoms with Gasteiger partial charge in [-0.15, -0.1) is 0 Å². The number of anilines is 1. The number of amides is 1. The van der Waals surface area contributed by atoms with E-state index in [2.05, 4.69) is 44.4 Å². The molecule has 16 nitrogen and oxygen atoms in total. The SMILES string of the molecule is NC(=O)c1cc([C@@H]2O[C@@H]3CO[P@](=O)(S)OC[C@@H]4[C@@H](CO[P@](=O)(S)O[C@@H]2[C@@H]3O)C[C@H]4n2cnc3c(N)ncnc32)ccn1. The van der Waals surface area contributed by atoms with Crippen LogP contribution in [0.1, 0.15) is 34.6 Å². The summed E-state index contributed by atoms with van der Waals surface area (Å²) in [6, 6.07) is 2.67. The number of nitrogens with zero attached hydrogens (tertiary/aromatic N) is 5. The van der Waals surface area contributed by atoms with Crippen LogP contribution < -0.4 is 11.5 Å². The minimum absolute atomic E-state index is 0.0566. The van der Waals surface area contributed by atoms with Gasteiger partial charge in [-0.2, -0.15) is 0 Å². The number of carbonyl (C=O) groups is 1. The Morgan fingerprint density at radius 1 is 1.07 bits per heavy atom. The summed E-state index contributed by atoms with van der Waals surface area (Å²) in [6.45, 7) is -8.56. The fraction of sp³-hybridized carbons (Fsp3) is 0.500. The number of imidazole rings is 1. The summed E-state index contributed by atoms with van der Waals surface area (Å²) in [7, 11) is 0. The van der Waals surface area contributed by atoms with E-state index in [1.165, 1.54) is 24.7 Å². The zero-order valence-electron chi connectivity index (χ0n) is 21.6. The number of primary amides is 1. The number of carbonyl (C=O) groups excluding carboxylic acids is 1. The average Bonchev–Trinajstić information content (AvgIpc) is 3.48. The van der Waals surface area contributed by atoms with Gasteiger partial charge in [0.25, 0.3) is 5.91 Å². The summed E-state index contributed by atoms with van der Waals surface area (Å²) < 4.78 is 56.9. The third-order valence-electron chi connectivity index (χ3n) is 7.63. The Morgan fingerprint density at radius 3 is 2.62 bits per heavy atom. The number of aromatic nitrogens is 5. The van der Waals surface area contributed by atoms with E-state index in [0.717, 1.165) is 0 Å². The lowest BCUT2D eigenvalue weighted by molar-refractivity contribution is -0.0239. The molecule has 3 fully saturated rings. The molecule has 3 aromatic heterocycles. The Labute approximate surface area is 249 Å². The van der Waals surface area contributed by atoms with Crippen molar-refractivity contribution in [2.24, 2.45) is 17.6 Å². The van der Waals surface area contributed by atoms with Gasteiger partial charge >= 0.3 is 13.6 Å². The van der Waals surface area contributed by atoms with Crippen molar-refractivity contribution in [2.75, 3.05) is 25.6 Å². The largest absolute Gasteiger partial charge is 0.387 e. The number of nitrogens with two attached hydrogens (primary N) is 2. The molecule has 0 aromatic carbocycles. The summed E-state index contributed by atoms with van der Waals surface area (Å²) in [5.74, 6) is -1.10. The third kappa shape index (κ3) is 5.85. The number of fused-ring (bicyclic) bond motifs is 4. The summed E-state index contributed by atoms with van der Waals surface area (Å²) in [5, 5.41) is 11.1. The second-order valence-corrected chi connectivity index (χ2v) is 15.9. The van der Waals surface area contributed by atoms with Gasteiger partial charge in [0, 0.05) is 18.2 Å². The number of aliphatic hydroxyl groups excluding tert-OH is 1. The van der Waals surface area contributed by atoms with Crippen LogP contribution in [0.4, 0.5) is 5.82 Å². The molecule has 42 heavy (non-hydrogen) atoms. The van der Waals surface area contributed by atoms with E-state index in [4.69, 9.17) is 34.3 Å². The number of aliphatic hydroxyl groups is 1. The Kier molecular flexibility index (Phi) is 8.15. The van der Waals surface area contributed by atoms with Crippen LogP contribution in [0.25, 0.3) is 11.2 Å². The zero-order valence-corrected chi connectivity index (χ0v) is 25.2. The topological polar surface area (TPSA) is 226 Å². The normalized spacial score (nSPS) is 37.5. The Balaban J connectivity index is 1.27. The van der Waals surface area contributed by atoms with E-state index in [0.29, 0.717) is 23.1 Å². The second kappa shape index (κ2) is 11.4. The van der Waals surface area contributed by atoms with Crippen molar-refractivity contribution in [3.63, 3.8) is 0 Å². The first-order valence-electron chi connectivity index (χ1n) is 12.7. The van der Waals surface area contributed by atoms with Gasteiger partial charge in [0.1, 0.15) is 42.0 Å². The molecule has 0 unspecified atom stereocenters. The molecule has 226 valence electrons. The molecular formula is C22H27N7O9P2S2. The summed E-state index contributed by atoms with van der Waals surface area (Å²) in [6.07, 6.45) is -0.0927. The maximum absolute atomic E-state index is 13.4. The van der Waals surface area contributed by atoms with Crippen LogP contribution in [0.3, 0.4) is 0 Å². The predicted octanol–water partition coefficient (Wildman–Crippen LogP) is 2.10. The molecule has 1 amide bonds. The van der Waals surface area contributed by atoms with E-state index in [-0.39, 0.29) is 42.6 Å².